The molecular weight excluding hydrogens is 356 g/mol. The molecule has 0 saturated carbocycles. The number of hydrogen-bond acceptors (Lipinski definition) is 5. The number of aryl methyl sites for hydroxylation is 1. The molecule has 1 aromatic heterocycles. The van der Waals surface area contributed by atoms with Crippen LogP contribution in [0.5, 0.6) is 0 Å². The molecule has 0 bridgehead atoms. The van der Waals surface area contributed by atoms with E-state index in [0.29, 0.717) is 0 Å². The van der Waals surface area contributed by atoms with Gasteiger partial charge in [-0.25, -0.2) is 10.4 Å². The van der Waals surface area contributed by atoms with Crippen LogP contribution in [0.2, 0.25) is 0 Å². The van der Waals surface area contributed by atoms with E-state index in [0.717, 1.165) is 32.7 Å². The molecule has 0 aliphatic carbocycles. The van der Waals surface area contributed by atoms with Gasteiger partial charge >= 0.3 is 0 Å². The van der Waals surface area contributed by atoms with E-state index in [1.165, 1.54) is 11.8 Å². The Morgan fingerprint density at radius 3 is 2.67 bits per heavy atom. The standard InChI is InChI=1S/C21H22N4OS/c1-15-12-21(23-19-7-5-4-6-18(15)19)27-14-20(26)24-22-13-16-8-10-17(11-9-16)25(2)3/h4-13H,14H2,1-3H3,(H,24,26)/b22-13-. The summed E-state index contributed by atoms with van der Waals surface area (Å²) >= 11 is 1.41. The highest BCUT2D eigenvalue weighted by molar-refractivity contribution is 7.99. The van der Waals surface area contributed by atoms with Gasteiger partial charge in [0, 0.05) is 25.2 Å². The van der Waals surface area contributed by atoms with E-state index in [4.69, 9.17) is 0 Å². The van der Waals surface area contributed by atoms with Crippen LogP contribution in [0.4, 0.5) is 5.69 Å². The largest absolute Gasteiger partial charge is 0.378 e. The van der Waals surface area contributed by atoms with E-state index in [1.807, 2.05) is 67.5 Å². The predicted molar refractivity (Wildman–Crippen MR) is 114 cm³/mol. The maximum absolute atomic E-state index is 12.0. The molecule has 1 N–H and O–H groups in total. The minimum absolute atomic E-state index is 0.159. The van der Waals surface area contributed by atoms with Crippen molar-refractivity contribution >= 4 is 40.5 Å². The minimum Gasteiger partial charge on any atom is -0.378 e. The summed E-state index contributed by atoms with van der Waals surface area (Å²) in [6, 6.07) is 18.0. The number of pyridine rings is 1. The summed E-state index contributed by atoms with van der Waals surface area (Å²) in [5.74, 6) is 0.107. The van der Waals surface area contributed by atoms with Gasteiger partial charge in [0.15, 0.2) is 0 Å². The number of hydrogen-bond donors (Lipinski definition) is 1. The van der Waals surface area contributed by atoms with E-state index < -0.39 is 0 Å². The first-order chi connectivity index (χ1) is 13.0. The van der Waals surface area contributed by atoms with Crippen LogP contribution >= 0.6 is 11.8 Å². The van der Waals surface area contributed by atoms with E-state index in [9.17, 15) is 4.79 Å². The van der Waals surface area contributed by atoms with Crippen molar-refractivity contribution in [3.05, 3.63) is 65.7 Å². The highest BCUT2D eigenvalue weighted by atomic mass is 32.2. The molecule has 5 nitrogen and oxygen atoms in total. The van der Waals surface area contributed by atoms with Crippen molar-refractivity contribution in [3.63, 3.8) is 0 Å². The topological polar surface area (TPSA) is 57.6 Å². The number of fused-ring (bicyclic) bond motifs is 1. The van der Waals surface area contributed by atoms with Crippen LogP contribution in [0.25, 0.3) is 10.9 Å². The van der Waals surface area contributed by atoms with E-state index in [1.54, 1.807) is 6.21 Å². The highest BCUT2D eigenvalue weighted by Gasteiger charge is 2.06. The van der Waals surface area contributed by atoms with Gasteiger partial charge in [-0.1, -0.05) is 42.1 Å². The average molecular weight is 379 g/mol. The van der Waals surface area contributed by atoms with Crippen LogP contribution in [0.15, 0.2) is 64.7 Å². The molecule has 0 radical (unpaired) electrons. The van der Waals surface area contributed by atoms with Crippen molar-refractivity contribution in [2.24, 2.45) is 5.10 Å². The van der Waals surface area contributed by atoms with E-state index in [2.05, 4.69) is 28.5 Å². The quantitative estimate of drug-likeness (QED) is 0.402. The average Bonchev–Trinajstić information content (AvgIpc) is 2.67. The number of carbonyl (C=O) groups is 1. The SMILES string of the molecule is Cc1cc(SCC(=O)N/N=C\c2ccc(N(C)C)cc2)nc2ccccc12. The molecule has 0 fully saturated rings. The Morgan fingerprint density at radius 2 is 1.93 bits per heavy atom. The first-order valence-corrected chi connectivity index (χ1v) is 9.60. The lowest BCUT2D eigenvalue weighted by atomic mass is 10.1. The summed E-state index contributed by atoms with van der Waals surface area (Å²) in [6.07, 6.45) is 1.64. The molecule has 0 unspecified atom stereocenters. The fourth-order valence-electron chi connectivity index (χ4n) is 2.60. The third-order valence-corrected chi connectivity index (χ3v) is 4.97. The van der Waals surface area contributed by atoms with Crippen LogP contribution in [0, 0.1) is 6.92 Å². The summed E-state index contributed by atoms with van der Waals surface area (Å²) < 4.78 is 0. The number of thioether (sulfide) groups is 1. The summed E-state index contributed by atoms with van der Waals surface area (Å²) in [7, 11) is 3.99. The number of carbonyl (C=O) groups excluding carboxylic acids is 1. The lowest BCUT2D eigenvalue weighted by molar-refractivity contribution is -0.118. The van der Waals surface area contributed by atoms with Gasteiger partial charge in [-0.2, -0.15) is 5.10 Å². The second-order valence-corrected chi connectivity index (χ2v) is 7.36. The molecule has 3 aromatic rings. The predicted octanol–water partition coefficient (Wildman–Crippen LogP) is 3.85. The number of nitrogens with zero attached hydrogens (tertiary/aromatic N) is 3. The van der Waals surface area contributed by atoms with Gasteiger partial charge in [-0.05, 0) is 42.3 Å². The third-order valence-electron chi connectivity index (χ3n) is 4.06. The molecule has 0 atom stereocenters. The molecule has 138 valence electrons. The molecule has 1 amide bonds. The Labute approximate surface area is 163 Å². The molecule has 0 aliphatic heterocycles. The normalized spacial score (nSPS) is 11.1. The molecule has 2 aromatic carbocycles. The zero-order valence-corrected chi connectivity index (χ0v) is 16.5. The van der Waals surface area contributed by atoms with Crippen LogP contribution in [0.3, 0.4) is 0 Å². The van der Waals surface area contributed by atoms with Crippen LogP contribution in [0.1, 0.15) is 11.1 Å². The number of nitrogens with one attached hydrogen (secondary N) is 1. The number of rotatable bonds is 6. The monoisotopic (exact) mass is 378 g/mol. The summed E-state index contributed by atoms with van der Waals surface area (Å²) in [4.78, 5) is 18.6. The molecule has 6 heteroatoms. The second-order valence-electron chi connectivity index (χ2n) is 6.36. The zero-order valence-electron chi connectivity index (χ0n) is 15.6. The third kappa shape index (κ3) is 5.08. The summed E-state index contributed by atoms with van der Waals surface area (Å²) in [5.41, 5.74) is 6.71. The van der Waals surface area contributed by atoms with Crippen molar-refractivity contribution in [1.82, 2.24) is 10.4 Å². The number of hydrazone groups is 1. The summed E-state index contributed by atoms with van der Waals surface area (Å²) in [5, 5.41) is 6.00. The van der Waals surface area contributed by atoms with Gasteiger partial charge in [-0.3, -0.25) is 4.79 Å². The number of aromatic nitrogens is 1. The number of anilines is 1. The van der Waals surface area contributed by atoms with E-state index >= 15 is 0 Å². The number of amides is 1. The Balaban J connectivity index is 1.54. The Morgan fingerprint density at radius 1 is 1.19 bits per heavy atom. The Hall–Kier alpha value is -2.86. The lowest BCUT2D eigenvalue weighted by Crippen LogP contribution is -2.19. The van der Waals surface area contributed by atoms with Crippen molar-refractivity contribution in [3.8, 4) is 0 Å². The Kier molecular flexibility index (Phi) is 6.08. The molecule has 1 heterocycles. The fraction of sp³-hybridized carbons (Fsp3) is 0.190. The molecule has 27 heavy (non-hydrogen) atoms. The molecular formula is C21H22N4OS. The maximum atomic E-state index is 12.0. The van der Waals surface area contributed by atoms with Gasteiger partial charge in [0.25, 0.3) is 0 Å². The van der Waals surface area contributed by atoms with Crippen molar-refractivity contribution in [2.75, 3.05) is 24.7 Å². The Bertz CT molecular complexity index is 968. The molecule has 3 rings (SSSR count). The van der Waals surface area contributed by atoms with Crippen LogP contribution in [-0.2, 0) is 4.79 Å². The van der Waals surface area contributed by atoms with Crippen molar-refractivity contribution < 1.29 is 4.79 Å². The van der Waals surface area contributed by atoms with Crippen LogP contribution < -0.4 is 10.3 Å². The molecule has 0 saturated heterocycles. The molecule has 0 aliphatic rings. The zero-order chi connectivity index (χ0) is 19.2. The summed E-state index contributed by atoms with van der Waals surface area (Å²) in [6.45, 7) is 2.06. The maximum Gasteiger partial charge on any atom is 0.250 e. The van der Waals surface area contributed by atoms with Crippen molar-refractivity contribution in [2.45, 2.75) is 11.9 Å². The first kappa shape index (κ1) is 18.9. The minimum atomic E-state index is -0.159. The van der Waals surface area contributed by atoms with Gasteiger partial charge in [-0.15, -0.1) is 0 Å². The van der Waals surface area contributed by atoms with Gasteiger partial charge < -0.3 is 4.90 Å². The number of benzene rings is 2. The number of para-hydroxylation sites is 1. The first-order valence-electron chi connectivity index (χ1n) is 8.61. The van der Waals surface area contributed by atoms with Crippen LogP contribution in [-0.4, -0.2) is 37.0 Å². The second kappa shape index (κ2) is 8.68. The van der Waals surface area contributed by atoms with Gasteiger partial charge in [0.05, 0.1) is 22.5 Å². The van der Waals surface area contributed by atoms with Gasteiger partial charge in [0.2, 0.25) is 5.91 Å². The van der Waals surface area contributed by atoms with E-state index in [-0.39, 0.29) is 11.7 Å². The fourth-order valence-corrected chi connectivity index (χ4v) is 3.37. The highest BCUT2D eigenvalue weighted by Crippen LogP contribution is 2.23. The van der Waals surface area contributed by atoms with Crippen molar-refractivity contribution in [1.29, 1.82) is 0 Å². The lowest BCUT2D eigenvalue weighted by Gasteiger charge is -2.11. The smallest absolute Gasteiger partial charge is 0.250 e. The molecule has 0 spiro atoms. The van der Waals surface area contributed by atoms with Gasteiger partial charge in [0.1, 0.15) is 0 Å².